The standard InChI is InChI=1S/C20H22N2O3/c1-14-3-5-15(6-4-14)12-21-20(24)16-11-19(23)22(13-16)17-7-9-18(25-2)10-8-17/h3-10,16H,11-13H2,1-2H3,(H,21,24)/t16-/m1/s1. The summed E-state index contributed by atoms with van der Waals surface area (Å²) in [6, 6.07) is 15.3. The number of rotatable bonds is 5. The predicted octanol–water partition coefficient (Wildman–Crippen LogP) is 2.67. The van der Waals surface area contributed by atoms with E-state index in [0.717, 1.165) is 17.0 Å². The number of benzene rings is 2. The summed E-state index contributed by atoms with van der Waals surface area (Å²) < 4.78 is 5.13. The summed E-state index contributed by atoms with van der Waals surface area (Å²) in [5.41, 5.74) is 3.03. The molecule has 0 aromatic heterocycles. The molecule has 2 aromatic rings. The molecule has 3 rings (SSSR count). The minimum Gasteiger partial charge on any atom is -0.497 e. The van der Waals surface area contributed by atoms with Crippen LogP contribution >= 0.6 is 0 Å². The quantitative estimate of drug-likeness (QED) is 0.912. The second-order valence-corrected chi connectivity index (χ2v) is 6.31. The van der Waals surface area contributed by atoms with Crippen LogP contribution in [0, 0.1) is 12.8 Å². The van der Waals surface area contributed by atoms with E-state index in [1.807, 2.05) is 55.5 Å². The van der Waals surface area contributed by atoms with Gasteiger partial charge in [-0.15, -0.1) is 0 Å². The second kappa shape index (κ2) is 7.38. The molecule has 2 aromatic carbocycles. The smallest absolute Gasteiger partial charge is 0.227 e. The molecule has 25 heavy (non-hydrogen) atoms. The van der Waals surface area contributed by atoms with Gasteiger partial charge in [-0.1, -0.05) is 29.8 Å². The van der Waals surface area contributed by atoms with Crippen molar-refractivity contribution in [3.8, 4) is 5.75 Å². The summed E-state index contributed by atoms with van der Waals surface area (Å²) in [5, 5.41) is 2.93. The van der Waals surface area contributed by atoms with Crippen molar-refractivity contribution in [2.24, 2.45) is 5.92 Å². The number of hydrogen-bond donors (Lipinski definition) is 1. The Morgan fingerprint density at radius 1 is 1.16 bits per heavy atom. The van der Waals surface area contributed by atoms with Gasteiger partial charge in [-0.2, -0.15) is 0 Å². The molecule has 0 aliphatic carbocycles. The van der Waals surface area contributed by atoms with Gasteiger partial charge in [0, 0.05) is 25.2 Å². The van der Waals surface area contributed by atoms with Crippen LogP contribution in [0.25, 0.3) is 0 Å². The molecule has 130 valence electrons. The van der Waals surface area contributed by atoms with Gasteiger partial charge in [-0.05, 0) is 36.8 Å². The molecule has 5 heteroatoms. The first-order valence-electron chi connectivity index (χ1n) is 8.34. The number of nitrogens with zero attached hydrogens (tertiary/aromatic N) is 1. The minimum atomic E-state index is -0.319. The maximum absolute atomic E-state index is 12.4. The molecule has 1 atom stereocenters. The van der Waals surface area contributed by atoms with Crippen LogP contribution in [0.15, 0.2) is 48.5 Å². The lowest BCUT2D eigenvalue weighted by molar-refractivity contribution is -0.126. The Morgan fingerprint density at radius 3 is 2.48 bits per heavy atom. The average molecular weight is 338 g/mol. The zero-order valence-electron chi connectivity index (χ0n) is 14.5. The van der Waals surface area contributed by atoms with Gasteiger partial charge in [0.25, 0.3) is 0 Å². The summed E-state index contributed by atoms with van der Waals surface area (Å²) in [6.07, 6.45) is 0.242. The van der Waals surface area contributed by atoms with Crippen LogP contribution in [0.2, 0.25) is 0 Å². The van der Waals surface area contributed by atoms with Crippen molar-refractivity contribution in [2.45, 2.75) is 19.9 Å². The maximum Gasteiger partial charge on any atom is 0.227 e. The number of anilines is 1. The Morgan fingerprint density at radius 2 is 1.84 bits per heavy atom. The fraction of sp³-hybridized carbons (Fsp3) is 0.300. The fourth-order valence-corrected chi connectivity index (χ4v) is 2.93. The molecule has 2 amide bonds. The molecule has 5 nitrogen and oxygen atoms in total. The Labute approximate surface area is 147 Å². The lowest BCUT2D eigenvalue weighted by atomic mass is 10.1. The summed E-state index contributed by atoms with van der Waals surface area (Å²) in [6.45, 7) is 2.91. The Bertz CT molecular complexity index is 754. The number of ether oxygens (including phenoxy) is 1. The SMILES string of the molecule is COc1ccc(N2C[C@H](C(=O)NCc3ccc(C)cc3)CC2=O)cc1. The van der Waals surface area contributed by atoms with Crippen LogP contribution in [0.5, 0.6) is 5.75 Å². The highest BCUT2D eigenvalue weighted by atomic mass is 16.5. The van der Waals surface area contributed by atoms with Crippen LogP contribution in [0.1, 0.15) is 17.5 Å². The van der Waals surface area contributed by atoms with Crippen molar-refractivity contribution >= 4 is 17.5 Å². The molecule has 1 saturated heterocycles. The Kier molecular flexibility index (Phi) is 5.03. The molecule has 1 heterocycles. The predicted molar refractivity (Wildman–Crippen MR) is 96.5 cm³/mol. The van der Waals surface area contributed by atoms with Gasteiger partial charge in [0.1, 0.15) is 5.75 Å². The van der Waals surface area contributed by atoms with Crippen molar-refractivity contribution in [2.75, 3.05) is 18.6 Å². The molecule has 0 bridgehead atoms. The molecular formula is C20H22N2O3. The van der Waals surface area contributed by atoms with Crippen molar-refractivity contribution in [3.05, 3.63) is 59.7 Å². The van der Waals surface area contributed by atoms with Gasteiger partial charge in [-0.3, -0.25) is 9.59 Å². The second-order valence-electron chi connectivity index (χ2n) is 6.31. The van der Waals surface area contributed by atoms with Crippen molar-refractivity contribution in [1.29, 1.82) is 0 Å². The van der Waals surface area contributed by atoms with Crippen LogP contribution in [-0.4, -0.2) is 25.5 Å². The lowest BCUT2D eigenvalue weighted by Gasteiger charge is -2.17. The monoisotopic (exact) mass is 338 g/mol. The largest absolute Gasteiger partial charge is 0.497 e. The normalized spacial score (nSPS) is 16.8. The Balaban J connectivity index is 1.59. The molecule has 0 unspecified atom stereocenters. The van der Waals surface area contributed by atoms with E-state index in [1.54, 1.807) is 12.0 Å². The van der Waals surface area contributed by atoms with E-state index in [0.29, 0.717) is 13.1 Å². The number of aryl methyl sites for hydroxylation is 1. The molecule has 0 radical (unpaired) electrons. The van der Waals surface area contributed by atoms with E-state index in [9.17, 15) is 9.59 Å². The molecule has 1 fully saturated rings. The number of carbonyl (C=O) groups excluding carboxylic acids is 2. The van der Waals surface area contributed by atoms with Gasteiger partial charge in [0.2, 0.25) is 11.8 Å². The van der Waals surface area contributed by atoms with Crippen LogP contribution in [0.4, 0.5) is 5.69 Å². The first kappa shape index (κ1) is 17.0. The highest BCUT2D eigenvalue weighted by Crippen LogP contribution is 2.27. The fourth-order valence-electron chi connectivity index (χ4n) is 2.93. The third kappa shape index (κ3) is 3.99. The number of carbonyl (C=O) groups is 2. The third-order valence-corrected chi connectivity index (χ3v) is 4.47. The summed E-state index contributed by atoms with van der Waals surface area (Å²) >= 11 is 0. The maximum atomic E-state index is 12.4. The zero-order chi connectivity index (χ0) is 17.8. The van der Waals surface area contributed by atoms with E-state index in [4.69, 9.17) is 4.74 Å². The van der Waals surface area contributed by atoms with E-state index in [-0.39, 0.29) is 24.2 Å². The number of hydrogen-bond acceptors (Lipinski definition) is 3. The van der Waals surface area contributed by atoms with Crippen molar-refractivity contribution in [1.82, 2.24) is 5.32 Å². The van der Waals surface area contributed by atoms with E-state index in [1.165, 1.54) is 5.56 Å². The third-order valence-electron chi connectivity index (χ3n) is 4.47. The first-order valence-corrected chi connectivity index (χ1v) is 8.34. The number of methoxy groups -OCH3 is 1. The Hall–Kier alpha value is -2.82. The zero-order valence-corrected chi connectivity index (χ0v) is 14.5. The molecule has 1 aliphatic heterocycles. The number of nitrogens with one attached hydrogen (secondary N) is 1. The van der Waals surface area contributed by atoms with Crippen molar-refractivity contribution < 1.29 is 14.3 Å². The van der Waals surface area contributed by atoms with Gasteiger partial charge in [-0.25, -0.2) is 0 Å². The highest BCUT2D eigenvalue weighted by molar-refractivity contribution is 6.00. The summed E-state index contributed by atoms with van der Waals surface area (Å²) in [4.78, 5) is 26.3. The molecule has 1 aliphatic rings. The summed E-state index contributed by atoms with van der Waals surface area (Å²) in [5.74, 6) is 0.313. The molecule has 1 N–H and O–H groups in total. The van der Waals surface area contributed by atoms with Crippen LogP contribution < -0.4 is 15.0 Å². The first-order chi connectivity index (χ1) is 12.1. The van der Waals surface area contributed by atoms with Crippen LogP contribution in [-0.2, 0) is 16.1 Å². The van der Waals surface area contributed by atoms with Gasteiger partial charge in [0.15, 0.2) is 0 Å². The van der Waals surface area contributed by atoms with Crippen LogP contribution in [0.3, 0.4) is 0 Å². The van der Waals surface area contributed by atoms with E-state index in [2.05, 4.69) is 5.32 Å². The lowest BCUT2D eigenvalue weighted by Crippen LogP contribution is -2.32. The van der Waals surface area contributed by atoms with E-state index >= 15 is 0 Å². The van der Waals surface area contributed by atoms with Gasteiger partial charge >= 0.3 is 0 Å². The van der Waals surface area contributed by atoms with Gasteiger partial charge < -0.3 is 15.0 Å². The topological polar surface area (TPSA) is 58.6 Å². The van der Waals surface area contributed by atoms with Crippen molar-refractivity contribution in [3.63, 3.8) is 0 Å². The van der Waals surface area contributed by atoms with E-state index < -0.39 is 0 Å². The highest BCUT2D eigenvalue weighted by Gasteiger charge is 2.34. The number of amides is 2. The molecule has 0 spiro atoms. The summed E-state index contributed by atoms with van der Waals surface area (Å²) in [7, 11) is 1.60. The average Bonchev–Trinajstić information content (AvgIpc) is 3.03. The minimum absolute atomic E-state index is 0.0272. The molecule has 0 saturated carbocycles. The molecular weight excluding hydrogens is 316 g/mol. The van der Waals surface area contributed by atoms with Gasteiger partial charge in [0.05, 0.1) is 13.0 Å².